The second-order valence-electron chi connectivity index (χ2n) is 5.62. The molecule has 3 atom stereocenters. The zero-order valence-corrected chi connectivity index (χ0v) is 13.6. The first-order valence-corrected chi connectivity index (χ1v) is 8.69. The summed E-state index contributed by atoms with van der Waals surface area (Å²) in [4.78, 5) is 34.7. The number of carbonyl (C=O) groups is 3. The molecule has 0 amide bonds. The number of hydrogen-bond acceptors (Lipinski definition) is 6. The summed E-state index contributed by atoms with van der Waals surface area (Å²) < 4.78 is 5.34. The SMILES string of the molecule is C[C@@H]1CCCCCCC(=O)C[C@H](SC[C@@H](O)C(=O)O)C(=O)O1. The molecule has 0 radical (unpaired) electrons. The van der Waals surface area contributed by atoms with Crippen molar-refractivity contribution in [3.63, 3.8) is 0 Å². The molecular weight excluding hydrogens is 308 g/mol. The highest BCUT2D eigenvalue weighted by Gasteiger charge is 2.27. The highest BCUT2D eigenvalue weighted by molar-refractivity contribution is 8.00. The molecule has 0 spiro atoms. The predicted octanol–water partition coefficient (Wildman–Crippen LogP) is 1.78. The van der Waals surface area contributed by atoms with Crippen LogP contribution in [0.4, 0.5) is 0 Å². The fourth-order valence-electron chi connectivity index (χ4n) is 2.24. The third kappa shape index (κ3) is 7.26. The van der Waals surface area contributed by atoms with E-state index < -0.39 is 23.3 Å². The lowest BCUT2D eigenvalue weighted by atomic mass is 10.0. The van der Waals surface area contributed by atoms with Gasteiger partial charge in [0.05, 0.1) is 6.10 Å². The zero-order chi connectivity index (χ0) is 16.5. The third-order valence-corrected chi connectivity index (χ3v) is 4.82. The van der Waals surface area contributed by atoms with Crippen molar-refractivity contribution in [1.82, 2.24) is 0 Å². The molecule has 0 aromatic heterocycles. The maximum absolute atomic E-state index is 12.1. The van der Waals surface area contributed by atoms with Gasteiger partial charge in [-0.05, 0) is 26.2 Å². The van der Waals surface area contributed by atoms with Gasteiger partial charge >= 0.3 is 11.9 Å². The number of ether oxygens (including phenoxy) is 1. The van der Waals surface area contributed by atoms with E-state index in [0.29, 0.717) is 6.42 Å². The second-order valence-corrected chi connectivity index (χ2v) is 6.85. The summed E-state index contributed by atoms with van der Waals surface area (Å²) in [5.74, 6) is -2.00. The van der Waals surface area contributed by atoms with Crippen LogP contribution in [0.15, 0.2) is 0 Å². The number of hydrogen-bond donors (Lipinski definition) is 2. The standard InChI is InChI=1S/C15H24O6S/c1-10-6-4-2-3-5-7-11(16)8-13(15(20)21-10)22-9-12(17)14(18)19/h10,12-13,17H,2-9H2,1H3,(H,18,19)/t10-,12-,13+/m1/s1. The molecule has 22 heavy (non-hydrogen) atoms. The summed E-state index contributed by atoms with van der Waals surface area (Å²) in [5.41, 5.74) is 0. The molecule has 0 unspecified atom stereocenters. The van der Waals surface area contributed by atoms with Crippen LogP contribution in [0.3, 0.4) is 0 Å². The molecule has 1 fully saturated rings. The van der Waals surface area contributed by atoms with Crippen molar-refractivity contribution in [3.8, 4) is 0 Å². The number of carboxylic acid groups (broad SMARTS) is 1. The van der Waals surface area contributed by atoms with Crippen LogP contribution < -0.4 is 0 Å². The van der Waals surface area contributed by atoms with Gasteiger partial charge in [-0.3, -0.25) is 9.59 Å². The van der Waals surface area contributed by atoms with Crippen LogP contribution in [-0.4, -0.2) is 51.1 Å². The minimum absolute atomic E-state index is 0.0208. The van der Waals surface area contributed by atoms with Crippen LogP contribution in [0, 0.1) is 0 Å². The van der Waals surface area contributed by atoms with E-state index in [1.165, 1.54) is 0 Å². The molecule has 7 heteroatoms. The molecule has 1 aliphatic rings. The van der Waals surface area contributed by atoms with Crippen LogP contribution >= 0.6 is 11.8 Å². The third-order valence-electron chi connectivity index (χ3n) is 3.55. The van der Waals surface area contributed by atoms with Crippen LogP contribution in [0.1, 0.15) is 51.9 Å². The first-order chi connectivity index (χ1) is 10.4. The van der Waals surface area contributed by atoms with Gasteiger partial charge in [-0.1, -0.05) is 12.8 Å². The molecular formula is C15H24O6S. The molecule has 6 nitrogen and oxygen atoms in total. The van der Waals surface area contributed by atoms with Crippen LogP contribution in [-0.2, 0) is 19.1 Å². The maximum Gasteiger partial charge on any atom is 0.333 e. The Kier molecular flexibility index (Phi) is 8.48. The minimum atomic E-state index is -1.55. The fourth-order valence-corrected chi connectivity index (χ4v) is 3.29. The van der Waals surface area contributed by atoms with Gasteiger partial charge in [0.1, 0.15) is 11.0 Å². The van der Waals surface area contributed by atoms with Crippen LogP contribution in [0.25, 0.3) is 0 Å². The monoisotopic (exact) mass is 332 g/mol. The summed E-state index contributed by atoms with van der Waals surface area (Å²) in [5, 5.41) is 17.2. The van der Waals surface area contributed by atoms with Crippen molar-refractivity contribution in [1.29, 1.82) is 0 Å². The van der Waals surface area contributed by atoms with E-state index >= 15 is 0 Å². The highest BCUT2D eigenvalue weighted by Crippen LogP contribution is 2.22. The smallest absolute Gasteiger partial charge is 0.333 e. The van der Waals surface area contributed by atoms with E-state index in [4.69, 9.17) is 9.84 Å². The van der Waals surface area contributed by atoms with Gasteiger partial charge in [0.25, 0.3) is 0 Å². The van der Waals surface area contributed by atoms with E-state index in [1.807, 2.05) is 6.92 Å². The molecule has 0 aromatic carbocycles. The Bertz CT molecular complexity index is 397. The minimum Gasteiger partial charge on any atom is -0.479 e. The number of aliphatic hydroxyl groups excluding tert-OH is 1. The fraction of sp³-hybridized carbons (Fsp3) is 0.800. The summed E-state index contributed by atoms with van der Waals surface area (Å²) in [6, 6.07) is 0. The molecule has 0 saturated carbocycles. The first kappa shape index (κ1) is 19.0. The summed E-state index contributed by atoms with van der Waals surface area (Å²) in [6.45, 7) is 1.82. The van der Waals surface area contributed by atoms with Gasteiger partial charge in [0.15, 0.2) is 6.10 Å². The van der Waals surface area contributed by atoms with Crippen molar-refractivity contribution in [2.75, 3.05) is 5.75 Å². The Morgan fingerprint density at radius 3 is 2.68 bits per heavy atom. The Hall–Kier alpha value is -1.08. The van der Waals surface area contributed by atoms with Gasteiger partial charge in [0.2, 0.25) is 0 Å². The van der Waals surface area contributed by atoms with E-state index in [2.05, 4.69) is 0 Å². The van der Waals surface area contributed by atoms with Gasteiger partial charge in [-0.15, -0.1) is 11.8 Å². The topological polar surface area (TPSA) is 101 Å². The maximum atomic E-state index is 12.1. The largest absolute Gasteiger partial charge is 0.479 e. The Labute approximate surface area is 134 Å². The molecule has 1 rings (SSSR count). The Morgan fingerprint density at radius 2 is 2.00 bits per heavy atom. The number of thioether (sulfide) groups is 1. The molecule has 2 N–H and O–H groups in total. The summed E-state index contributed by atoms with van der Waals surface area (Å²) in [7, 11) is 0. The van der Waals surface area contributed by atoms with E-state index in [9.17, 15) is 19.5 Å². The molecule has 1 aliphatic heterocycles. The van der Waals surface area contributed by atoms with Gasteiger partial charge in [-0.25, -0.2) is 4.79 Å². The Balaban J connectivity index is 2.66. The number of carbonyl (C=O) groups excluding carboxylic acids is 2. The average molecular weight is 332 g/mol. The molecule has 0 aliphatic carbocycles. The van der Waals surface area contributed by atoms with Crippen molar-refractivity contribution in [2.24, 2.45) is 0 Å². The zero-order valence-electron chi connectivity index (χ0n) is 12.8. The number of aliphatic carboxylic acids is 1. The van der Waals surface area contributed by atoms with Crippen molar-refractivity contribution >= 4 is 29.5 Å². The number of carboxylic acids is 1. The molecule has 1 heterocycles. The van der Waals surface area contributed by atoms with E-state index in [-0.39, 0.29) is 24.1 Å². The Morgan fingerprint density at radius 1 is 1.32 bits per heavy atom. The number of ketones is 1. The van der Waals surface area contributed by atoms with Crippen molar-refractivity contribution in [3.05, 3.63) is 0 Å². The molecule has 0 bridgehead atoms. The molecule has 126 valence electrons. The van der Waals surface area contributed by atoms with Gasteiger partial charge in [-0.2, -0.15) is 0 Å². The average Bonchev–Trinajstić information content (AvgIpc) is 2.45. The quantitative estimate of drug-likeness (QED) is 0.757. The van der Waals surface area contributed by atoms with Gasteiger partial charge < -0.3 is 14.9 Å². The first-order valence-electron chi connectivity index (χ1n) is 7.64. The van der Waals surface area contributed by atoms with E-state index in [0.717, 1.165) is 43.9 Å². The second kappa shape index (κ2) is 9.84. The summed E-state index contributed by atoms with van der Waals surface area (Å²) in [6.07, 6.45) is 3.27. The normalized spacial score (nSPS) is 26.5. The van der Waals surface area contributed by atoms with E-state index in [1.54, 1.807) is 0 Å². The lowest BCUT2D eigenvalue weighted by Crippen LogP contribution is -2.30. The highest BCUT2D eigenvalue weighted by atomic mass is 32.2. The van der Waals surface area contributed by atoms with Crippen LogP contribution in [0.2, 0.25) is 0 Å². The lowest BCUT2D eigenvalue weighted by molar-refractivity contribution is -0.149. The number of esters is 1. The number of aliphatic hydroxyl groups is 1. The van der Waals surface area contributed by atoms with Crippen LogP contribution in [0.5, 0.6) is 0 Å². The lowest BCUT2D eigenvalue weighted by Gasteiger charge is -2.20. The number of rotatable bonds is 4. The molecule has 0 aromatic rings. The van der Waals surface area contributed by atoms with Crippen molar-refractivity contribution in [2.45, 2.75) is 69.3 Å². The number of Topliss-reactive ketones (excluding diaryl/α,β-unsaturated/α-hetero) is 1. The summed E-state index contributed by atoms with van der Waals surface area (Å²) >= 11 is 0.972. The van der Waals surface area contributed by atoms with Crippen molar-refractivity contribution < 1.29 is 29.3 Å². The number of cyclic esters (lactones) is 1. The van der Waals surface area contributed by atoms with Gasteiger partial charge in [0, 0.05) is 18.6 Å². The molecule has 1 saturated heterocycles. The predicted molar refractivity (Wildman–Crippen MR) is 82.8 cm³/mol.